The lowest BCUT2D eigenvalue weighted by Gasteiger charge is -2.07. The van der Waals surface area contributed by atoms with E-state index in [0.717, 1.165) is 6.42 Å². The van der Waals surface area contributed by atoms with Gasteiger partial charge in [0.05, 0.1) is 6.61 Å². The first kappa shape index (κ1) is 11.5. The monoisotopic (exact) mass is 182 g/mol. The van der Waals surface area contributed by atoms with Crippen LogP contribution in [0, 0.1) is 11.3 Å². The molecule has 4 nitrogen and oxygen atoms in total. The van der Waals surface area contributed by atoms with Crippen molar-refractivity contribution in [3.63, 3.8) is 0 Å². The molecule has 0 aliphatic carbocycles. The molecule has 4 heteroatoms. The summed E-state index contributed by atoms with van der Waals surface area (Å²) < 4.78 is 5.15. The summed E-state index contributed by atoms with van der Waals surface area (Å²) >= 11 is 0. The Hall–Kier alpha value is -1.50. The fourth-order valence-corrected chi connectivity index (χ4v) is 0.925. The minimum absolute atomic E-state index is 0.0660. The number of allylic oxidation sites excluding steroid dienone is 1. The molecule has 0 spiro atoms. The number of ether oxygens (including phenoxy) is 1. The van der Waals surface area contributed by atoms with Gasteiger partial charge in [0.2, 0.25) is 0 Å². The van der Waals surface area contributed by atoms with Crippen molar-refractivity contribution in [2.75, 3.05) is 6.61 Å². The number of carbonyl (C=O) groups is 1. The number of nitrogens with zero attached hydrogens (tertiary/aromatic N) is 1. The van der Waals surface area contributed by atoms with E-state index >= 15 is 0 Å². The molecule has 0 saturated heterocycles. The zero-order valence-electron chi connectivity index (χ0n) is 7.96. The molecular weight excluding hydrogens is 168 g/mol. The van der Waals surface area contributed by atoms with Gasteiger partial charge in [-0.25, -0.2) is 0 Å². The maximum atomic E-state index is 10.8. The van der Waals surface area contributed by atoms with Crippen molar-refractivity contribution in [2.24, 2.45) is 5.73 Å². The van der Waals surface area contributed by atoms with Crippen LogP contribution in [0.3, 0.4) is 0 Å². The second kappa shape index (κ2) is 6.06. The fraction of sp³-hybridized carbons (Fsp3) is 0.556. The van der Waals surface area contributed by atoms with Gasteiger partial charge in [-0.05, 0) is 13.3 Å². The van der Waals surface area contributed by atoms with E-state index in [0.29, 0.717) is 18.8 Å². The normalized spacial score (nSPS) is 11.5. The zero-order chi connectivity index (χ0) is 10.3. The van der Waals surface area contributed by atoms with E-state index in [2.05, 4.69) is 0 Å². The Morgan fingerprint density at radius 3 is 2.46 bits per heavy atom. The van der Waals surface area contributed by atoms with E-state index in [-0.39, 0.29) is 5.57 Å². The molecule has 72 valence electrons. The number of rotatable bonds is 5. The molecule has 0 aromatic heterocycles. The van der Waals surface area contributed by atoms with Crippen molar-refractivity contribution in [2.45, 2.75) is 26.7 Å². The lowest BCUT2D eigenvalue weighted by Crippen LogP contribution is -2.16. The summed E-state index contributed by atoms with van der Waals surface area (Å²) in [5.74, 6) is -0.320. The predicted molar refractivity (Wildman–Crippen MR) is 48.4 cm³/mol. The SMILES string of the molecule is CCC/C(OCC)=C(/C#N)C(N)=O. The summed E-state index contributed by atoms with van der Waals surface area (Å²) in [6, 6.07) is 1.75. The van der Waals surface area contributed by atoms with E-state index in [9.17, 15) is 4.79 Å². The Bertz CT molecular complexity index is 243. The van der Waals surface area contributed by atoms with Gasteiger partial charge in [0.15, 0.2) is 5.57 Å². The largest absolute Gasteiger partial charge is 0.497 e. The maximum Gasteiger partial charge on any atom is 0.262 e. The van der Waals surface area contributed by atoms with Crippen LogP contribution in [0.4, 0.5) is 0 Å². The first-order valence-corrected chi connectivity index (χ1v) is 4.23. The summed E-state index contributed by atoms with van der Waals surface area (Å²) in [5.41, 5.74) is 4.94. The predicted octanol–water partition coefficient (Wildman–Crippen LogP) is 1.09. The maximum absolute atomic E-state index is 10.8. The fourth-order valence-electron chi connectivity index (χ4n) is 0.925. The molecule has 0 heterocycles. The number of nitriles is 1. The smallest absolute Gasteiger partial charge is 0.262 e. The lowest BCUT2D eigenvalue weighted by molar-refractivity contribution is -0.114. The first-order chi connectivity index (χ1) is 6.17. The highest BCUT2D eigenvalue weighted by atomic mass is 16.5. The molecule has 0 aromatic carbocycles. The van der Waals surface area contributed by atoms with E-state index in [4.69, 9.17) is 15.7 Å². The second-order valence-electron chi connectivity index (χ2n) is 2.46. The quantitative estimate of drug-likeness (QED) is 0.392. The molecule has 0 fully saturated rings. The summed E-state index contributed by atoms with van der Waals surface area (Å²) in [4.78, 5) is 10.8. The Labute approximate surface area is 78.0 Å². The van der Waals surface area contributed by atoms with Crippen molar-refractivity contribution < 1.29 is 9.53 Å². The highest BCUT2D eigenvalue weighted by Crippen LogP contribution is 2.12. The molecule has 1 amide bonds. The highest BCUT2D eigenvalue weighted by Gasteiger charge is 2.12. The van der Waals surface area contributed by atoms with Gasteiger partial charge < -0.3 is 10.5 Å². The van der Waals surface area contributed by atoms with Crippen LogP contribution in [-0.2, 0) is 9.53 Å². The topological polar surface area (TPSA) is 76.1 Å². The van der Waals surface area contributed by atoms with E-state index in [1.54, 1.807) is 13.0 Å². The van der Waals surface area contributed by atoms with Gasteiger partial charge in [-0.3, -0.25) is 4.79 Å². The van der Waals surface area contributed by atoms with Crippen molar-refractivity contribution in [3.8, 4) is 6.07 Å². The molecule has 0 rings (SSSR count). The second-order valence-corrected chi connectivity index (χ2v) is 2.46. The Morgan fingerprint density at radius 2 is 2.15 bits per heavy atom. The Balaban J connectivity index is 4.79. The van der Waals surface area contributed by atoms with Gasteiger partial charge in [-0.15, -0.1) is 0 Å². The van der Waals surface area contributed by atoms with Crippen LogP contribution >= 0.6 is 0 Å². The number of hydrogen-bond donors (Lipinski definition) is 1. The minimum atomic E-state index is -0.723. The van der Waals surface area contributed by atoms with E-state index in [1.165, 1.54) is 0 Å². The van der Waals surface area contributed by atoms with Gasteiger partial charge in [0.25, 0.3) is 5.91 Å². The van der Waals surface area contributed by atoms with Crippen LogP contribution in [0.25, 0.3) is 0 Å². The number of carbonyl (C=O) groups excluding carboxylic acids is 1. The van der Waals surface area contributed by atoms with Crippen molar-refractivity contribution in [1.29, 1.82) is 5.26 Å². The molecule has 0 unspecified atom stereocenters. The van der Waals surface area contributed by atoms with Crippen LogP contribution < -0.4 is 5.73 Å². The van der Waals surface area contributed by atoms with Crippen molar-refractivity contribution in [3.05, 3.63) is 11.3 Å². The van der Waals surface area contributed by atoms with Gasteiger partial charge in [0, 0.05) is 6.42 Å². The zero-order valence-corrected chi connectivity index (χ0v) is 7.96. The Kier molecular flexibility index (Phi) is 5.37. The summed E-state index contributed by atoms with van der Waals surface area (Å²) in [7, 11) is 0. The number of nitrogens with two attached hydrogens (primary N) is 1. The van der Waals surface area contributed by atoms with Gasteiger partial charge >= 0.3 is 0 Å². The molecule has 0 atom stereocenters. The number of primary amides is 1. The molecular formula is C9H14N2O2. The van der Waals surface area contributed by atoms with E-state index in [1.807, 2.05) is 6.92 Å². The summed E-state index contributed by atoms with van der Waals surface area (Å²) in [6.45, 7) is 4.18. The van der Waals surface area contributed by atoms with Crippen LogP contribution in [0.1, 0.15) is 26.7 Å². The minimum Gasteiger partial charge on any atom is -0.497 e. The third-order valence-corrected chi connectivity index (χ3v) is 1.43. The third kappa shape index (κ3) is 3.61. The molecule has 2 N–H and O–H groups in total. The standard InChI is InChI=1S/C9H14N2O2/c1-3-5-8(13-4-2)7(6-10)9(11)12/h3-5H2,1-2H3,(H2,11,12)/b8-7+. The molecule has 0 bridgehead atoms. The van der Waals surface area contributed by atoms with Crippen LogP contribution in [0.15, 0.2) is 11.3 Å². The van der Waals surface area contributed by atoms with Gasteiger partial charge in [-0.1, -0.05) is 6.92 Å². The van der Waals surface area contributed by atoms with Crippen LogP contribution in [-0.4, -0.2) is 12.5 Å². The average Bonchev–Trinajstić information content (AvgIpc) is 2.05. The highest BCUT2D eigenvalue weighted by molar-refractivity contribution is 5.96. The summed E-state index contributed by atoms with van der Waals surface area (Å²) in [6.07, 6.45) is 1.38. The van der Waals surface area contributed by atoms with Crippen LogP contribution in [0.5, 0.6) is 0 Å². The molecule has 0 aliphatic rings. The average molecular weight is 182 g/mol. The summed E-state index contributed by atoms with van der Waals surface area (Å²) in [5, 5.41) is 8.63. The Morgan fingerprint density at radius 1 is 1.54 bits per heavy atom. The van der Waals surface area contributed by atoms with Gasteiger partial charge in [0.1, 0.15) is 11.8 Å². The molecule has 0 aliphatic heterocycles. The first-order valence-electron chi connectivity index (χ1n) is 4.23. The molecule has 0 radical (unpaired) electrons. The molecule has 13 heavy (non-hydrogen) atoms. The van der Waals surface area contributed by atoms with Crippen LogP contribution in [0.2, 0.25) is 0 Å². The van der Waals surface area contributed by atoms with Crippen molar-refractivity contribution >= 4 is 5.91 Å². The van der Waals surface area contributed by atoms with Crippen molar-refractivity contribution in [1.82, 2.24) is 0 Å². The molecule has 0 saturated carbocycles. The lowest BCUT2D eigenvalue weighted by atomic mass is 10.1. The van der Waals surface area contributed by atoms with Gasteiger partial charge in [-0.2, -0.15) is 5.26 Å². The third-order valence-electron chi connectivity index (χ3n) is 1.43. The number of hydrogen-bond acceptors (Lipinski definition) is 3. The molecule has 0 aromatic rings. The number of amides is 1. The van der Waals surface area contributed by atoms with E-state index < -0.39 is 5.91 Å².